The van der Waals surface area contributed by atoms with E-state index in [1.807, 2.05) is 61.1 Å². The quantitative estimate of drug-likeness (QED) is 0.471. The van der Waals surface area contributed by atoms with Gasteiger partial charge >= 0.3 is 0 Å². The largest absolute Gasteiger partial charge is 0.395 e. The molecule has 5 rings (SSSR count). The number of H-pyrrole nitrogens is 1. The lowest BCUT2D eigenvalue weighted by Crippen LogP contribution is -2.21. The Balaban J connectivity index is 1.47. The topological polar surface area (TPSA) is 81.5 Å². The molecule has 4 aromatic rings. The summed E-state index contributed by atoms with van der Waals surface area (Å²) in [6, 6.07) is 10.2. The summed E-state index contributed by atoms with van der Waals surface area (Å²) in [6.45, 7) is 4.88. The average molecular weight is 400 g/mol. The van der Waals surface area contributed by atoms with Crippen LogP contribution in [0.2, 0.25) is 0 Å². The van der Waals surface area contributed by atoms with Gasteiger partial charge in [0.2, 0.25) is 0 Å². The van der Waals surface area contributed by atoms with E-state index in [9.17, 15) is 5.11 Å². The van der Waals surface area contributed by atoms with Gasteiger partial charge in [-0.05, 0) is 35.4 Å². The van der Waals surface area contributed by atoms with E-state index in [1.165, 1.54) is 11.3 Å². The van der Waals surface area contributed by atoms with Gasteiger partial charge in [0, 0.05) is 41.6 Å². The van der Waals surface area contributed by atoms with Crippen molar-refractivity contribution in [3.63, 3.8) is 0 Å². The Morgan fingerprint density at radius 1 is 1.20 bits per heavy atom. The monoisotopic (exact) mass is 400 g/mol. The van der Waals surface area contributed by atoms with Gasteiger partial charge in [-0.1, -0.05) is 26.0 Å². The molecule has 0 saturated heterocycles. The van der Waals surface area contributed by atoms with Crippen molar-refractivity contribution in [1.29, 1.82) is 0 Å². The maximum atomic E-state index is 9.60. The van der Waals surface area contributed by atoms with Crippen LogP contribution in [-0.4, -0.2) is 31.1 Å². The van der Waals surface area contributed by atoms with Gasteiger partial charge in [-0.15, -0.1) is 0 Å². The van der Waals surface area contributed by atoms with Crippen LogP contribution in [0.5, 0.6) is 0 Å². The van der Waals surface area contributed by atoms with E-state index < -0.39 is 0 Å². The second-order valence-electron chi connectivity index (χ2n) is 8.21. The van der Waals surface area contributed by atoms with Gasteiger partial charge in [0.25, 0.3) is 0 Å². The lowest BCUT2D eigenvalue weighted by atomic mass is 9.85. The lowest BCUT2D eigenvalue weighted by molar-refractivity contribution is 0.218. The van der Waals surface area contributed by atoms with E-state index in [0.29, 0.717) is 5.82 Å². The molecule has 0 spiro atoms. The zero-order chi connectivity index (χ0) is 20.7. The molecule has 0 unspecified atom stereocenters. The molecule has 1 aliphatic rings. The molecule has 4 heterocycles. The van der Waals surface area contributed by atoms with Crippen LogP contribution >= 0.6 is 0 Å². The van der Waals surface area contributed by atoms with Crippen molar-refractivity contribution in [1.82, 2.24) is 19.4 Å². The molecule has 0 fully saturated rings. The fourth-order valence-electron chi connectivity index (χ4n) is 3.63. The van der Waals surface area contributed by atoms with Crippen molar-refractivity contribution in [2.75, 3.05) is 16.8 Å². The number of aliphatic hydroxyl groups excluding tert-OH is 1. The second kappa shape index (κ2) is 7.03. The molecular weight excluding hydrogens is 376 g/mol. The van der Waals surface area contributed by atoms with Crippen LogP contribution in [-0.2, 0) is 12.0 Å². The first kappa shape index (κ1) is 18.4. The summed E-state index contributed by atoms with van der Waals surface area (Å²) in [7, 11) is 0. The Kier molecular flexibility index (Phi) is 4.33. The number of benzene rings is 1. The van der Waals surface area contributed by atoms with Crippen LogP contribution in [0.3, 0.4) is 0 Å². The van der Waals surface area contributed by atoms with E-state index in [2.05, 4.69) is 38.5 Å². The van der Waals surface area contributed by atoms with Crippen molar-refractivity contribution < 1.29 is 5.11 Å². The highest BCUT2D eigenvalue weighted by Gasteiger charge is 2.20. The highest BCUT2D eigenvalue weighted by atomic mass is 16.3. The Morgan fingerprint density at radius 3 is 2.83 bits per heavy atom. The average Bonchev–Trinajstić information content (AvgIpc) is 3.43. The third-order valence-electron chi connectivity index (χ3n) is 5.61. The van der Waals surface area contributed by atoms with Crippen molar-refractivity contribution >= 4 is 29.0 Å². The van der Waals surface area contributed by atoms with Crippen molar-refractivity contribution in [2.24, 2.45) is 0 Å². The first-order chi connectivity index (χ1) is 14.5. The minimum absolute atomic E-state index is 0.101. The van der Waals surface area contributed by atoms with Crippen LogP contribution in [0, 0.1) is 0 Å². The van der Waals surface area contributed by atoms with Gasteiger partial charge in [0.15, 0.2) is 17.3 Å². The standard InChI is InChI=1S/C23H24N6O/c1-23(2,15-30)17-3-5-18(6-4-17)26-21-22-25-10-12-29(22)14-20(27-21)28-11-8-16-7-9-24-19(16)13-28/h3-12,14,24,30H,13,15H2,1-2H3,(H,26,27). The highest BCUT2D eigenvalue weighted by Crippen LogP contribution is 2.28. The summed E-state index contributed by atoms with van der Waals surface area (Å²) < 4.78 is 1.98. The number of aromatic nitrogens is 4. The lowest BCUT2D eigenvalue weighted by Gasteiger charge is -2.24. The number of fused-ring (bicyclic) bond motifs is 2. The van der Waals surface area contributed by atoms with Crippen LogP contribution in [0.1, 0.15) is 30.7 Å². The van der Waals surface area contributed by atoms with Crippen LogP contribution in [0.4, 0.5) is 17.3 Å². The van der Waals surface area contributed by atoms with Crippen molar-refractivity contribution in [3.05, 3.63) is 78.1 Å². The molecule has 3 N–H and O–H groups in total. The number of aliphatic hydroxyl groups is 1. The Labute approximate surface area is 174 Å². The van der Waals surface area contributed by atoms with Gasteiger partial charge < -0.3 is 24.7 Å². The van der Waals surface area contributed by atoms with Crippen molar-refractivity contribution in [3.8, 4) is 0 Å². The SMILES string of the molecule is CC(C)(CO)c1ccc(Nc2nc(N3C=Cc4cc[nH]c4C3)cn3ccnc23)cc1. The third-order valence-corrected chi connectivity index (χ3v) is 5.61. The van der Waals surface area contributed by atoms with Gasteiger partial charge in [-0.2, -0.15) is 0 Å². The van der Waals surface area contributed by atoms with Crippen molar-refractivity contribution in [2.45, 2.75) is 25.8 Å². The predicted molar refractivity (Wildman–Crippen MR) is 119 cm³/mol. The minimum Gasteiger partial charge on any atom is -0.395 e. The number of nitrogens with one attached hydrogen (secondary N) is 2. The summed E-state index contributed by atoms with van der Waals surface area (Å²) in [5.74, 6) is 1.52. The molecule has 30 heavy (non-hydrogen) atoms. The summed E-state index contributed by atoms with van der Waals surface area (Å²) >= 11 is 0. The maximum Gasteiger partial charge on any atom is 0.180 e. The van der Waals surface area contributed by atoms with Gasteiger partial charge in [-0.3, -0.25) is 0 Å². The van der Waals surface area contributed by atoms with Gasteiger partial charge in [0.1, 0.15) is 0 Å². The number of nitrogens with zero attached hydrogens (tertiary/aromatic N) is 4. The number of aromatic amines is 1. The van der Waals surface area contributed by atoms with E-state index in [0.717, 1.165) is 29.3 Å². The Bertz CT molecular complexity index is 1220. The van der Waals surface area contributed by atoms with Crippen LogP contribution < -0.4 is 10.2 Å². The van der Waals surface area contributed by atoms with E-state index in [-0.39, 0.29) is 12.0 Å². The van der Waals surface area contributed by atoms with E-state index in [4.69, 9.17) is 4.98 Å². The Morgan fingerprint density at radius 2 is 2.03 bits per heavy atom. The summed E-state index contributed by atoms with van der Waals surface area (Å²) in [5, 5.41) is 13.0. The smallest absolute Gasteiger partial charge is 0.180 e. The molecule has 0 radical (unpaired) electrons. The number of hydrogen-bond acceptors (Lipinski definition) is 5. The fourth-order valence-corrected chi connectivity index (χ4v) is 3.63. The second-order valence-corrected chi connectivity index (χ2v) is 8.21. The molecule has 1 aliphatic heterocycles. The first-order valence-electron chi connectivity index (χ1n) is 9.97. The molecule has 152 valence electrons. The van der Waals surface area contributed by atoms with Gasteiger partial charge in [-0.25, -0.2) is 9.97 Å². The molecule has 0 amide bonds. The third kappa shape index (κ3) is 3.23. The number of imidazole rings is 1. The van der Waals surface area contributed by atoms with Crippen LogP contribution in [0.25, 0.3) is 11.7 Å². The Hall–Kier alpha value is -3.58. The van der Waals surface area contributed by atoms with Crippen LogP contribution in [0.15, 0.2) is 61.3 Å². The summed E-state index contributed by atoms with van der Waals surface area (Å²) in [5.41, 5.74) is 4.87. The summed E-state index contributed by atoms with van der Waals surface area (Å²) in [4.78, 5) is 14.7. The van der Waals surface area contributed by atoms with Gasteiger partial charge in [0.05, 0.1) is 19.3 Å². The zero-order valence-corrected chi connectivity index (χ0v) is 17.0. The molecule has 0 bridgehead atoms. The zero-order valence-electron chi connectivity index (χ0n) is 17.0. The molecule has 7 nitrogen and oxygen atoms in total. The van der Waals surface area contributed by atoms with E-state index in [1.54, 1.807) is 6.20 Å². The molecule has 3 aromatic heterocycles. The number of anilines is 3. The molecule has 0 atom stereocenters. The number of rotatable bonds is 5. The molecular formula is C23H24N6O. The molecule has 0 aliphatic carbocycles. The maximum absolute atomic E-state index is 9.60. The molecule has 7 heteroatoms. The first-order valence-corrected chi connectivity index (χ1v) is 9.97. The molecule has 0 saturated carbocycles. The highest BCUT2D eigenvalue weighted by molar-refractivity contribution is 5.73. The minimum atomic E-state index is -0.273. The number of hydrogen-bond donors (Lipinski definition) is 3. The normalized spacial score (nSPS) is 13.6. The molecule has 1 aromatic carbocycles. The summed E-state index contributed by atoms with van der Waals surface area (Å²) in [6.07, 6.45) is 11.8. The van der Waals surface area contributed by atoms with E-state index >= 15 is 0 Å². The predicted octanol–water partition coefficient (Wildman–Crippen LogP) is 4.06. The fraction of sp³-hybridized carbons (Fsp3) is 0.217.